The number of carbonyl (C=O) groups excluding carboxylic acids is 2. The maximum Gasteiger partial charge on any atom is 0.319 e. The Hall–Kier alpha value is -3.41. The van der Waals surface area contributed by atoms with E-state index in [9.17, 15) is 9.59 Å². The van der Waals surface area contributed by atoms with Crippen LogP contribution >= 0.6 is 0 Å². The summed E-state index contributed by atoms with van der Waals surface area (Å²) in [5.41, 5.74) is 4.77. The molecular formula is C20H22N4O2. The molecule has 3 amide bonds. The lowest BCUT2D eigenvalue weighted by Gasteiger charge is -2.06. The zero-order valence-electron chi connectivity index (χ0n) is 14.4. The van der Waals surface area contributed by atoms with E-state index in [-0.39, 0.29) is 11.9 Å². The highest BCUT2D eigenvalue weighted by Gasteiger charge is 2.05. The summed E-state index contributed by atoms with van der Waals surface area (Å²) >= 11 is 0. The topological polar surface area (TPSA) is 82.6 Å². The Bertz CT molecular complexity index is 755. The highest BCUT2D eigenvalue weighted by molar-refractivity contribution is 5.95. The van der Waals surface area contributed by atoms with Gasteiger partial charge in [-0.2, -0.15) is 5.10 Å². The van der Waals surface area contributed by atoms with Gasteiger partial charge in [0.05, 0.1) is 0 Å². The fraction of sp³-hybridized carbons (Fsp3) is 0.150. The Labute approximate surface area is 153 Å². The molecule has 0 fully saturated rings. The summed E-state index contributed by atoms with van der Waals surface area (Å²) in [6.07, 6.45) is 4.89. The smallest absolute Gasteiger partial charge is 0.319 e. The molecule has 0 atom stereocenters. The number of amides is 3. The van der Waals surface area contributed by atoms with Gasteiger partial charge in [0.15, 0.2) is 0 Å². The molecule has 134 valence electrons. The molecule has 0 aliphatic carbocycles. The van der Waals surface area contributed by atoms with E-state index >= 15 is 0 Å². The Morgan fingerprint density at radius 2 is 1.77 bits per heavy atom. The van der Waals surface area contributed by atoms with Crippen molar-refractivity contribution in [3.63, 3.8) is 0 Å². The summed E-state index contributed by atoms with van der Waals surface area (Å²) < 4.78 is 0. The number of aryl methyl sites for hydroxylation is 1. The van der Waals surface area contributed by atoms with Crippen molar-refractivity contribution in [1.29, 1.82) is 0 Å². The number of hydrogen-bond acceptors (Lipinski definition) is 3. The Morgan fingerprint density at radius 1 is 1.04 bits per heavy atom. The van der Waals surface area contributed by atoms with E-state index in [0.717, 1.165) is 12.8 Å². The van der Waals surface area contributed by atoms with Crippen LogP contribution in [0.2, 0.25) is 0 Å². The fourth-order valence-electron chi connectivity index (χ4n) is 2.15. The minimum Gasteiger partial charge on any atom is -0.334 e. The van der Waals surface area contributed by atoms with Gasteiger partial charge in [-0.1, -0.05) is 36.4 Å². The molecule has 26 heavy (non-hydrogen) atoms. The zero-order chi connectivity index (χ0) is 18.6. The monoisotopic (exact) mass is 350 g/mol. The molecule has 0 aliphatic heterocycles. The quantitative estimate of drug-likeness (QED) is 0.388. The molecule has 6 nitrogen and oxygen atoms in total. The molecule has 0 aromatic heterocycles. The highest BCUT2D eigenvalue weighted by atomic mass is 16.2. The maximum atomic E-state index is 12.0. The molecule has 0 saturated heterocycles. The van der Waals surface area contributed by atoms with Crippen LogP contribution in [0.1, 0.15) is 22.3 Å². The summed E-state index contributed by atoms with van der Waals surface area (Å²) in [5, 5.41) is 9.22. The van der Waals surface area contributed by atoms with E-state index in [2.05, 4.69) is 39.9 Å². The molecule has 2 aromatic rings. The number of anilines is 1. The first-order valence-corrected chi connectivity index (χ1v) is 8.30. The van der Waals surface area contributed by atoms with E-state index in [0.29, 0.717) is 17.8 Å². The predicted molar refractivity (Wildman–Crippen MR) is 104 cm³/mol. The average molecular weight is 350 g/mol. The molecule has 0 spiro atoms. The van der Waals surface area contributed by atoms with Gasteiger partial charge in [0.1, 0.15) is 0 Å². The van der Waals surface area contributed by atoms with Gasteiger partial charge in [-0.3, -0.25) is 4.79 Å². The number of hydrogen-bond donors (Lipinski definition) is 3. The van der Waals surface area contributed by atoms with Crippen LogP contribution in [0.15, 0.2) is 72.4 Å². The lowest BCUT2D eigenvalue weighted by molar-refractivity contribution is 0.0955. The van der Waals surface area contributed by atoms with Crippen molar-refractivity contribution in [2.75, 3.05) is 11.9 Å². The number of nitrogens with zero attached hydrogens (tertiary/aromatic N) is 1. The van der Waals surface area contributed by atoms with Crippen molar-refractivity contribution in [3.05, 3.63) is 78.4 Å². The summed E-state index contributed by atoms with van der Waals surface area (Å²) in [6.45, 7) is 3.91. The summed E-state index contributed by atoms with van der Waals surface area (Å²) in [5.74, 6) is -0.302. The third kappa shape index (κ3) is 6.60. The van der Waals surface area contributed by atoms with Crippen molar-refractivity contribution in [3.8, 4) is 0 Å². The van der Waals surface area contributed by atoms with Crippen LogP contribution in [0.3, 0.4) is 0 Å². The number of urea groups is 1. The Morgan fingerprint density at radius 3 is 2.46 bits per heavy atom. The second-order valence-corrected chi connectivity index (χ2v) is 5.48. The summed E-state index contributed by atoms with van der Waals surface area (Å²) in [6, 6.07) is 16.3. The van der Waals surface area contributed by atoms with Crippen LogP contribution in [-0.2, 0) is 6.42 Å². The second-order valence-electron chi connectivity index (χ2n) is 5.48. The van der Waals surface area contributed by atoms with E-state index in [1.165, 1.54) is 5.56 Å². The van der Waals surface area contributed by atoms with Gasteiger partial charge in [-0.05, 0) is 42.7 Å². The minimum atomic E-state index is -0.329. The number of rotatable bonds is 8. The average Bonchev–Trinajstić information content (AvgIpc) is 2.67. The molecule has 0 bridgehead atoms. The Kier molecular flexibility index (Phi) is 7.61. The fourth-order valence-corrected chi connectivity index (χ4v) is 2.15. The first-order chi connectivity index (χ1) is 12.7. The van der Waals surface area contributed by atoms with Gasteiger partial charge in [0, 0.05) is 24.0 Å². The van der Waals surface area contributed by atoms with Crippen molar-refractivity contribution in [2.45, 2.75) is 12.8 Å². The third-order valence-electron chi connectivity index (χ3n) is 3.47. The van der Waals surface area contributed by atoms with Crippen LogP contribution in [0.4, 0.5) is 10.5 Å². The van der Waals surface area contributed by atoms with Crippen molar-refractivity contribution >= 4 is 23.8 Å². The number of carbonyl (C=O) groups is 2. The van der Waals surface area contributed by atoms with Crippen LogP contribution in [0, 0.1) is 0 Å². The van der Waals surface area contributed by atoms with Gasteiger partial charge < -0.3 is 10.6 Å². The van der Waals surface area contributed by atoms with Gasteiger partial charge in [-0.25, -0.2) is 10.2 Å². The van der Waals surface area contributed by atoms with E-state index < -0.39 is 0 Å². The number of benzene rings is 2. The molecular weight excluding hydrogens is 328 g/mol. The second kappa shape index (κ2) is 10.5. The third-order valence-corrected chi connectivity index (χ3v) is 3.47. The highest BCUT2D eigenvalue weighted by Crippen LogP contribution is 2.09. The lowest BCUT2D eigenvalue weighted by Crippen LogP contribution is -2.28. The molecule has 0 radical (unpaired) electrons. The van der Waals surface area contributed by atoms with E-state index in [1.807, 2.05) is 18.2 Å². The first kappa shape index (κ1) is 18.9. The normalized spacial score (nSPS) is 10.3. The van der Waals surface area contributed by atoms with E-state index in [1.54, 1.807) is 36.6 Å². The molecule has 0 saturated carbocycles. The predicted octanol–water partition coefficient (Wildman–Crippen LogP) is 3.34. The molecule has 6 heteroatoms. The number of nitrogens with one attached hydrogen (secondary N) is 3. The van der Waals surface area contributed by atoms with Crippen molar-refractivity contribution in [2.24, 2.45) is 5.10 Å². The SMILES string of the molecule is C=CCNC(=O)Nc1ccc(C(=O)N/N=C\CCc2ccccc2)cc1. The molecule has 2 rings (SSSR count). The molecule has 0 aliphatic rings. The maximum absolute atomic E-state index is 12.0. The summed E-state index contributed by atoms with van der Waals surface area (Å²) in [4.78, 5) is 23.5. The standard InChI is InChI=1S/C20H22N4O2/c1-2-14-21-20(26)23-18-12-10-17(11-13-18)19(25)24-22-15-6-9-16-7-4-3-5-8-16/h2-5,7-8,10-13,15H,1,6,9,14H2,(H,24,25)(H2,21,23,26)/b22-15-. The molecule has 2 aromatic carbocycles. The van der Waals surface area contributed by atoms with Gasteiger partial charge in [0.2, 0.25) is 0 Å². The van der Waals surface area contributed by atoms with Crippen molar-refractivity contribution in [1.82, 2.24) is 10.7 Å². The van der Waals surface area contributed by atoms with Crippen LogP contribution < -0.4 is 16.1 Å². The molecule has 0 unspecified atom stereocenters. The van der Waals surface area contributed by atoms with Crippen LogP contribution in [-0.4, -0.2) is 24.7 Å². The largest absolute Gasteiger partial charge is 0.334 e. The van der Waals surface area contributed by atoms with Gasteiger partial charge in [-0.15, -0.1) is 6.58 Å². The van der Waals surface area contributed by atoms with E-state index in [4.69, 9.17) is 0 Å². The molecule has 0 heterocycles. The van der Waals surface area contributed by atoms with Gasteiger partial charge >= 0.3 is 6.03 Å². The van der Waals surface area contributed by atoms with Crippen molar-refractivity contribution < 1.29 is 9.59 Å². The first-order valence-electron chi connectivity index (χ1n) is 8.30. The van der Waals surface area contributed by atoms with Gasteiger partial charge in [0.25, 0.3) is 5.91 Å². The molecule has 3 N–H and O–H groups in total. The zero-order valence-corrected chi connectivity index (χ0v) is 14.4. The number of hydrazone groups is 1. The van der Waals surface area contributed by atoms with Crippen LogP contribution in [0.5, 0.6) is 0 Å². The lowest BCUT2D eigenvalue weighted by atomic mass is 10.1. The Balaban J connectivity index is 1.75. The summed E-state index contributed by atoms with van der Waals surface area (Å²) in [7, 11) is 0. The van der Waals surface area contributed by atoms with Crippen LogP contribution in [0.25, 0.3) is 0 Å². The minimum absolute atomic E-state index is 0.302.